The van der Waals surface area contributed by atoms with Gasteiger partial charge in [0, 0.05) is 12.5 Å². The lowest BCUT2D eigenvalue weighted by Crippen LogP contribution is -2.10. The summed E-state index contributed by atoms with van der Waals surface area (Å²) in [7, 11) is 2.76. The molecule has 0 radical (unpaired) electrons. The number of hydrogen-bond donors (Lipinski definition) is 1. The number of benzene rings is 1. The van der Waals surface area contributed by atoms with Crippen molar-refractivity contribution in [1.29, 1.82) is 0 Å². The fourth-order valence-corrected chi connectivity index (χ4v) is 1.31. The zero-order chi connectivity index (χ0) is 12.1. The molecule has 88 valence electrons. The van der Waals surface area contributed by atoms with Crippen molar-refractivity contribution in [2.45, 2.75) is 6.42 Å². The maximum Gasteiger partial charge on any atom is 0.176 e. The van der Waals surface area contributed by atoms with Crippen LogP contribution in [0.4, 0.5) is 4.39 Å². The van der Waals surface area contributed by atoms with E-state index in [1.54, 1.807) is 0 Å². The van der Waals surface area contributed by atoms with Crippen LogP contribution in [-0.2, 0) is 0 Å². The highest BCUT2D eigenvalue weighted by Gasteiger charge is 2.17. The predicted octanol–water partition coefficient (Wildman–Crippen LogP) is 1.37. The van der Waals surface area contributed by atoms with Gasteiger partial charge in [0.05, 0.1) is 19.8 Å². The van der Waals surface area contributed by atoms with Crippen LogP contribution in [0, 0.1) is 5.82 Å². The Morgan fingerprint density at radius 2 is 2.06 bits per heavy atom. The number of Topliss-reactive ketones (excluding diaryl/α,β-unsaturated/α-hetero) is 1. The molecule has 16 heavy (non-hydrogen) atoms. The largest absolute Gasteiger partial charge is 0.497 e. The number of ketones is 1. The van der Waals surface area contributed by atoms with E-state index in [4.69, 9.17) is 15.2 Å². The Morgan fingerprint density at radius 1 is 1.38 bits per heavy atom. The molecule has 0 atom stereocenters. The van der Waals surface area contributed by atoms with E-state index < -0.39 is 5.82 Å². The van der Waals surface area contributed by atoms with Gasteiger partial charge in [-0.3, -0.25) is 4.79 Å². The highest BCUT2D eigenvalue weighted by Crippen LogP contribution is 2.27. The van der Waals surface area contributed by atoms with Crippen LogP contribution >= 0.6 is 0 Å². The second-order valence-corrected chi connectivity index (χ2v) is 3.15. The van der Waals surface area contributed by atoms with Crippen molar-refractivity contribution in [1.82, 2.24) is 0 Å². The van der Waals surface area contributed by atoms with Gasteiger partial charge in [0.2, 0.25) is 0 Å². The van der Waals surface area contributed by atoms with E-state index in [2.05, 4.69) is 0 Å². The molecule has 0 amide bonds. The normalized spacial score (nSPS) is 10.0. The first kappa shape index (κ1) is 12.4. The van der Waals surface area contributed by atoms with E-state index in [0.29, 0.717) is 5.75 Å². The maximum atomic E-state index is 13.7. The van der Waals surface area contributed by atoms with E-state index in [-0.39, 0.29) is 30.1 Å². The third-order valence-corrected chi connectivity index (χ3v) is 2.14. The van der Waals surface area contributed by atoms with Crippen LogP contribution in [0.15, 0.2) is 12.1 Å². The summed E-state index contributed by atoms with van der Waals surface area (Å²) < 4.78 is 23.5. The van der Waals surface area contributed by atoms with Crippen LogP contribution in [-0.4, -0.2) is 26.5 Å². The summed E-state index contributed by atoms with van der Waals surface area (Å²) in [6.07, 6.45) is 0.0905. The molecule has 0 aromatic heterocycles. The second kappa shape index (κ2) is 5.46. The Kier molecular flexibility index (Phi) is 4.25. The summed E-state index contributed by atoms with van der Waals surface area (Å²) in [5.74, 6) is -0.683. The Labute approximate surface area is 93.2 Å². The van der Waals surface area contributed by atoms with E-state index in [1.807, 2.05) is 0 Å². The summed E-state index contributed by atoms with van der Waals surface area (Å²) in [6, 6.07) is 2.73. The van der Waals surface area contributed by atoms with Gasteiger partial charge in [0.1, 0.15) is 5.75 Å². The number of hydrogen-bond acceptors (Lipinski definition) is 4. The molecule has 0 spiro atoms. The molecule has 0 bridgehead atoms. The van der Waals surface area contributed by atoms with E-state index in [1.165, 1.54) is 26.4 Å². The van der Waals surface area contributed by atoms with E-state index >= 15 is 0 Å². The van der Waals surface area contributed by atoms with Crippen LogP contribution in [0.3, 0.4) is 0 Å². The molecule has 0 fully saturated rings. The zero-order valence-electron chi connectivity index (χ0n) is 9.25. The molecule has 1 rings (SSSR count). The Bertz CT molecular complexity index is 393. The zero-order valence-corrected chi connectivity index (χ0v) is 9.25. The minimum Gasteiger partial charge on any atom is -0.497 e. The van der Waals surface area contributed by atoms with Gasteiger partial charge in [-0.15, -0.1) is 0 Å². The minimum atomic E-state index is -0.679. The summed E-state index contributed by atoms with van der Waals surface area (Å²) in [5.41, 5.74) is 5.20. The van der Waals surface area contributed by atoms with Crippen molar-refractivity contribution in [3.05, 3.63) is 23.5 Å². The Hall–Kier alpha value is -1.62. The number of rotatable bonds is 5. The lowest BCUT2D eigenvalue weighted by molar-refractivity contribution is 0.0980. The van der Waals surface area contributed by atoms with Crippen molar-refractivity contribution < 1.29 is 18.7 Å². The fraction of sp³-hybridized carbons (Fsp3) is 0.364. The molecule has 0 saturated heterocycles. The predicted molar refractivity (Wildman–Crippen MR) is 57.5 cm³/mol. The molecule has 0 unspecified atom stereocenters. The molecule has 0 aliphatic carbocycles. The standard InChI is InChI=1S/C11H14FNO3/c1-15-7-5-8(9(14)3-4-13)11(12)10(6-7)16-2/h5-6H,3-4,13H2,1-2H3. The number of halogens is 1. The molecule has 1 aromatic carbocycles. The van der Waals surface area contributed by atoms with Gasteiger partial charge in [0.15, 0.2) is 17.3 Å². The molecule has 4 nitrogen and oxygen atoms in total. The van der Waals surface area contributed by atoms with E-state index in [9.17, 15) is 9.18 Å². The van der Waals surface area contributed by atoms with Crippen molar-refractivity contribution in [3.8, 4) is 11.5 Å². The van der Waals surface area contributed by atoms with Crippen LogP contribution in [0.2, 0.25) is 0 Å². The molecule has 0 saturated carbocycles. The van der Waals surface area contributed by atoms with Crippen LogP contribution in [0.25, 0.3) is 0 Å². The molecule has 0 aliphatic rings. The molecule has 0 aliphatic heterocycles. The number of ether oxygens (including phenoxy) is 2. The van der Waals surface area contributed by atoms with Crippen molar-refractivity contribution in [2.75, 3.05) is 20.8 Å². The SMILES string of the molecule is COc1cc(OC)c(F)c(C(=O)CCN)c1. The Morgan fingerprint density at radius 3 is 2.56 bits per heavy atom. The fourth-order valence-electron chi connectivity index (χ4n) is 1.31. The lowest BCUT2D eigenvalue weighted by Gasteiger charge is -2.09. The highest BCUT2D eigenvalue weighted by molar-refractivity contribution is 5.97. The lowest BCUT2D eigenvalue weighted by atomic mass is 10.1. The molecular formula is C11H14FNO3. The van der Waals surface area contributed by atoms with Gasteiger partial charge < -0.3 is 15.2 Å². The van der Waals surface area contributed by atoms with Crippen LogP contribution in [0.1, 0.15) is 16.8 Å². The van der Waals surface area contributed by atoms with Gasteiger partial charge in [-0.25, -0.2) is 4.39 Å². The van der Waals surface area contributed by atoms with Gasteiger partial charge in [-0.2, -0.15) is 0 Å². The van der Waals surface area contributed by atoms with Crippen LogP contribution in [0.5, 0.6) is 11.5 Å². The minimum absolute atomic E-state index is 0.0141. The summed E-state index contributed by atoms with van der Waals surface area (Å²) >= 11 is 0. The first-order valence-corrected chi connectivity index (χ1v) is 4.78. The third-order valence-electron chi connectivity index (χ3n) is 2.14. The first-order chi connectivity index (χ1) is 7.63. The average Bonchev–Trinajstić information content (AvgIpc) is 2.29. The molecular weight excluding hydrogens is 213 g/mol. The number of carbonyl (C=O) groups excluding carboxylic acids is 1. The summed E-state index contributed by atoms with van der Waals surface area (Å²) in [4.78, 5) is 11.6. The quantitative estimate of drug-likeness (QED) is 0.772. The van der Waals surface area contributed by atoms with Gasteiger partial charge >= 0.3 is 0 Å². The van der Waals surface area contributed by atoms with Crippen molar-refractivity contribution in [3.63, 3.8) is 0 Å². The van der Waals surface area contributed by atoms with Gasteiger partial charge in [0.25, 0.3) is 0 Å². The molecule has 5 heteroatoms. The smallest absolute Gasteiger partial charge is 0.176 e. The summed E-state index contributed by atoms with van der Waals surface area (Å²) in [6.45, 7) is 0.178. The van der Waals surface area contributed by atoms with Crippen molar-refractivity contribution in [2.24, 2.45) is 5.73 Å². The highest BCUT2D eigenvalue weighted by atomic mass is 19.1. The van der Waals surface area contributed by atoms with Gasteiger partial charge in [-0.05, 0) is 12.6 Å². The van der Waals surface area contributed by atoms with Crippen LogP contribution < -0.4 is 15.2 Å². The maximum absolute atomic E-state index is 13.7. The van der Waals surface area contributed by atoms with Gasteiger partial charge in [-0.1, -0.05) is 0 Å². The molecule has 0 heterocycles. The third kappa shape index (κ3) is 2.49. The molecule has 1 aromatic rings. The Balaban J connectivity index is 3.20. The monoisotopic (exact) mass is 227 g/mol. The topological polar surface area (TPSA) is 61.5 Å². The summed E-state index contributed by atoms with van der Waals surface area (Å²) in [5, 5.41) is 0. The van der Waals surface area contributed by atoms with Crippen molar-refractivity contribution >= 4 is 5.78 Å². The number of nitrogens with two attached hydrogens (primary N) is 1. The number of methoxy groups -OCH3 is 2. The average molecular weight is 227 g/mol. The van der Waals surface area contributed by atoms with E-state index in [0.717, 1.165) is 0 Å². The first-order valence-electron chi connectivity index (χ1n) is 4.78. The number of carbonyl (C=O) groups is 1. The second-order valence-electron chi connectivity index (χ2n) is 3.15. The molecule has 2 N–H and O–H groups in total.